The Morgan fingerprint density at radius 1 is 0.718 bits per heavy atom. The average Bonchev–Trinajstić information content (AvgIpc) is 2.97. The highest BCUT2D eigenvalue weighted by Crippen LogP contribution is 2.37. The fraction of sp³-hybridized carbons (Fsp3) is 0.188. The molecule has 0 bridgehead atoms. The summed E-state index contributed by atoms with van der Waals surface area (Å²) in [5, 5.41) is 0. The molecular weight excluding hydrogens is 496 g/mol. The highest BCUT2D eigenvalue weighted by atomic mass is 19.1. The van der Waals surface area contributed by atoms with Gasteiger partial charge in [-0.2, -0.15) is 0 Å². The molecule has 39 heavy (non-hydrogen) atoms. The van der Waals surface area contributed by atoms with E-state index in [0.717, 1.165) is 22.3 Å². The molecule has 0 saturated carbocycles. The first-order valence-corrected chi connectivity index (χ1v) is 12.9. The first-order valence-electron chi connectivity index (χ1n) is 12.9. The van der Waals surface area contributed by atoms with Crippen molar-refractivity contribution in [2.24, 2.45) is 0 Å². The van der Waals surface area contributed by atoms with E-state index in [1.165, 1.54) is 24.3 Å². The molecule has 0 aliphatic carbocycles. The van der Waals surface area contributed by atoms with Crippen LogP contribution in [0.3, 0.4) is 0 Å². The number of aryl methyl sites for hydroxylation is 1. The Kier molecular flexibility index (Phi) is 7.41. The van der Waals surface area contributed by atoms with Crippen LogP contribution < -0.4 is 10.9 Å². The smallest absolute Gasteiger partial charge is 0.253 e. The lowest BCUT2D eigenvalue weighted by Crippen LogP contribution is -2.53. The van der Waals surface area contributed by atoms with Gasteiger partial charge in [0.15, 0.2) is 0 Å². The largest absolute Gasteiger partial charge is 0.339 e. The summed E-state index contributed by atoms with van der Waals surface area (Å²) in [7, 11) is 0. The van der Waals surface area contributed by atoms with Crippen LogP contribution in [0.15, 0.2) is 97.1 Å². The van der Waals surface area contributed by atoms with Crippen molar-refractivity contribution in [3.05, 3.63) is 125 Å². The second kappa shape index (κ2) is 11.1. The molecule has 1 aliphatic rings. The summed E-state index contributed by atoms with van der Waals surface area (Å²) in [6, 6.07) is 27.2. The molecule has 2 N–H and O–H groups in total. The Morgan fingerprint density at radius 2 is 1.23 bits per heavy atom. The first kappa shape index (κ1) is 26.1. The minimum Gasteiger partial charge on any atom is -0.339 e. The molecule has 1 saturated heterocycles. The lowest BCUT2D eigenvalue weighted by atomic mass is 9.72. The predicted octanol–water partition coefficient (Wildman–Crippen LogP) is 6.26. The molecule has 4 aromatic carbocycles. The molecule has 7 heteroatoms. The maximum atomic E-state index is 13.6. The van der Waals surface area contributed by atoms with Gasteiger partial charge in [-0.3, -0.25) is 20.4 Å². The number of hydrogen-bond donors (Lipinski definition) is 2. The topological polar surface area (TPSA) is 61.4 Å². The van der Waals surface area contributed by atoms with Crippen molar-refractivity contribution in [3.8, 4) is 11.1 Å². The molecule has 0 aromatic heterocycles. The Morgan fingerprint density at radius 3 is 1.79 bits per heavy atom. The van der Waals surface area contributed by atoms with Crippen LogP contribution >= 0.6 is 0 Å². The van der Waals surface area contributed by atoms with Crippen LogP contribution in [-0.4, -0.2) is 29.8 Å². The maximum absolute atomic E-state index is 13.6. The van der Waals surface area contributed by atoms with Gasteiger partial charge in [-0.25, -0.2) is 8.78 Å². The van der Waals surface area contributed by atoms with E-state index in [9.17, 15) is 18.4 Å². The molecule has 1 fully saturated rings. The zero-order chi connectivity index (χ0) is 27.4. The van der Waals surface area contributed by atoms with Gasteiger partial charge in [-0.15, -0.1) is 0 Å². The van der Waals surface area contributed by atoms with Gasteiger partial charge in [0.2, 0.25) is 5.91 Å². The van der Waals surface area contributed by atoms with E-state index < -0.39 is 5.41 Å². The van der Waals surface area contributed by atoms with Crippen LogP contribution in [0.4, 0.5) is 14.5 Å². The molecule has 5 nitrogen and oxygen atoms in total. The highest BCUT2D eigenvalue weighted by molar-refractivity contribution is 5.95. The van der Waals surface area contributed by atoms with Gasteiger partial charge in [-0.05, 0) is 85.0 Å². The number of rotatable bonds is 6. The minimum atomic E-state index is -0.829. The Bertz CT molecular complexity index is 1440. The Labute approximate surface area is 226 Å². The van der Waals surface area contributed by atoms with E-state index >= 15 is 0 Å². The van der Waals surface area contributed by atoms with E-state index in [1.807, 2.05) is 43.3 Å². The van der Waals surface area contributed by atoms with Crippen LogP contribution in [0, 0.1) is 18.6 Å². The Balaban J connectivity index is 1.30. The third-order valence-electron chi connectivity index (χ3n) is 7.42. The van der Waals surface area contributed by atoms with E-state index in [1.54, 1.807) is 41.3 Å². The molecular formula is C32H29F2N3O2. The molecule has 0 radical (unpaired) electrons. The van der Waals surface area contributed by atoms with E-state index in [0.29, 0.717) is 37.2 Å². The van der Waals surface area contributed by atoms with Crippen LogP contribution in [0.2, 0.25) is 0 Å². The van der Waals surface area contributed by atoms with Gasteiger partial charge < -0.3 is 4.90 Å². The second-order valence-corrected chi connectivity index (χ2v) is 9.91. The third kappa shape index (κ3) is 5.67. The quantitative estimate of drug-likeness (QED) is 0.292. The Hall–Kier alpha value is -4.52. The fourth-order valence-corrected chi connectivity index (χ4v) is 5.02. The van der Waals surface area contributed by atoms with Crippen LogP contribution in [0.25, 0.3) is 11.1 Å². The molecule has 4 aromatic rings. The summed E-state index contributed by atoms with van der Waals surface area (Å²) >= 11 is 0. The van der Waals surface area contributed by atoms with Gasteiger partial charge in [0.25, 0.3) is 5.91 Å². The molecule has 0 atom stereocenters. The van der Waals surface area contributed by atoms with E-state index in [2.05, 4.69) is 10.9 Å². The number of anilines is 1. The summed E-state index contributed by atoms with van der Waals surface area (Å²) in [6.45, 7) is 2.82. The van der Waals surface area contributed by atoms with Crippen molar-refractivity contribution in [2.45, 2.75) is 25.2 Å². The summed E-state index contributed by atoms with van der Waals surface area (Å²) < 4.78 is 26.5. The highest BCUT2D eigenvalue weighted by Gasteiger charge is 2.44. The lowest BCUT2D eigenvalue weighted by molar-refractivity contribution is -0.128. The van der Waals surface area contributed by atoms with Crippen molar-refractivity contribution in [1.82, 2.24) is 10.3 Å². The summed E-state index contributed by atoms with van der Waals surface area (Å²) in [5.74, 6) is -0.947. The number of nitrogens with one attached hydrogen (secondary N) is 2. The maximum Gasteiger partial charge on any atom is 0.253 e. The normalized spacial score (nSPS) is 14.5. The number of hydrazine groups is 1. The number of benzene rings is 4. The van der Waals surface area contributed by atoms with Crippen molar-refractivity contribution in [2.75, 3.05) is 18.5 Å². The number of halogens is 2. The fourth-order valence-electron chi connectivity index (χ4n) is 5.02. The molecule has 1 aliphatic heterocycles. The molecule has 1 heterocycles. The number of nitrogens with zero attached hydrogens (tertiary/aromatic N) is 1. The first-order chi connectivity index (χ1) is 18.8. The van der Waals surface area contributed by atoms with Gasteiger partial charge in [0, 0.05) is 18.7 Å². The number of piperidine rings is 1. The summed E-state index contributed by atoms with van der Waals surface area (Å²) in [6.07, 6.45) is 0.902. The third-order valence-corrected chi connectivity index (χ3v) is 7.42. The van der Waals surface area contributed by atoms with E-state index in [4.69, 9.17) is 0 Å². The summed E-state index contributed by atoms with van der Waals surface area (Å²) in [5.41, 5.74) is 9.75. The minimum absolute atomic E-state index is 0.0944. The number of carbonyl (C=O) groups is 2. The molecule has 0 unspecified atom stereocenters. The zero-order valence-corrected chi connectivity index (χ0v) is 21.6. The number of carbonyl (C=O) groups excluding carboxylic acids is 2. The monoisotopic (exact) mass is 525 g/mol. The lowest BCUT2D eigenvalue weighted by Gasteiger charge is -2.41. The van der Waals surface area contributed by atoms with Crippen molar-refractivity contribution < 1.29 is 18.4 Å². The molecule has 0 spiro atoms. The van der Waals surface area contributed by atoms with Crippen molar-refractivity contribution in [1.29, 1.82) is 0 Å². The van der Waals surface area contributed by atoms with Gasteiger partial charge in [0.05, 0.1) is 11.1 Å². The molecule has 5 rings (SSSR count). The molecule has 2 amide bonds. The van der Waals surface area contributed by atoms with Crippen LogP contribution in [-0.2, 0) is 10.2 Å². The number of likely N-dealkylation sites (tertiary alicyclic amines) is 1. The standard InChI is InChI=1S/C32H29F2N3O2/c1-22-2-10-26(11-3-22)32(31(39)36-35-29-16-14-28(34)15-17-29)18-20-37(21-19-32)30(38)25-6-4-23(5-7-25)24-8-12-27(33)13-9-24/h2-17,35H,18-21H2,1H3,(H,36,39). The number of amides is 2. The zero-order valence-electron chi connectivity index (χ0n) is 21.6. The second-order valence-electron chi connectivity index (χ2n) is 9.91. The van der Waals surface area contributed by atoms with Crippen LogP contribution in [0.5, 0.6) is 0 Å². The van der Waals surface area contributed by atoms with Crippen LogP contribution in [0.1, 0.15) is 34.3 Å². The predicted molar refractivity (Wildman–Crippen MR) is 148 cm³/mol. The number of hydrogen-bond acceptors (Lipinski definition) is 3. The summed E-state index contributed by atoms with van der Waals surface area (Å²) in [4.78, 5) is 28.7. The SMILES string of the molecule is Cc1ccc(C2(C(=O)NNc3ccc(F)cc3)CCN(C(=O)c3ccc(-c4ccc(F)cc4)cc3)CC2)cc1. The average molecular weight is 526 g/mol. The van der Waals surface area contributed by atoms with Gasteiger partial charge in [0.1, 0.15) is 11.6 Å². The van der Waals surface area contributed by atoms with Crippen molar-refractivity contribution in [3.63, 3.8) is 0 Å². The van der Waals surface area contributed by atoms with Crippen molar-refractivity contribution >= 4 is 17.5 Å². The van der Waals surface area contributed by atoms with Gasteiger partial charge >= 0.3 is 0 Å². The van der Waals surface area contributed by atoms with E-state index in [-0.39, 0.29) is 23.4 Å². The van der Waals surface area contributed by atoms with Gasteiger partial charge in [-0.1, -0.05) is 54.1 Å². The molecule has 198 valence electrons.